The highest BCUT2D eigenvalue weighted by Crippen LogP contribution is 2.25. The van der Waals surface area contributed by atoms with E-state index in [1.165, 1.54) is 0 Å². The van der Waals surface area contributed by atoms with E-state index in [9.17, 15) is 9.59 Å². The first kappa shape index (κ1) is 12.8. The van der Waals surface area contributed by atoms with E-state index in [0.717, 1.165) is 25.7 Å². The molecule has 0 saturated heterocycles. The Morgan fingerprint density at radius 2 is 1.75 bits per heavy atom. The molecule has 0 aromatic carbocycles. The summed E-state index contributed by atoms with van der Waals surface area (Å²) in [6, 6.07) is 0. The normalized spacial score (nSPS) is 16.9. The highest BCUT2D eigenvalue weighted by Gasteiger charge is 2.25. The van der Waals surface area contributed by atoms with Crippen LogP contribution in [0.5, 0.6) is 0 Å². The van der Waals surface area contributed by atoms with Crippen LogP contribution in [0.25, 0.3) is 0 Å². The topological polar surface area (TPSA) is 64.6 Å². The van der Waals surface area contributed by atoms with Crippen LogP contribution in [-0.4, -0.2) is 17.7 Å². The Bertz CT molecular complexity index is 264. The lowest BCUT2D eigenvalue weighted by Gasteiger charge is -2.19. The maximum Gasteiger partial charge on any atom is 0.441 e. The molecule has 5 nitrogen and oxygen atoms in total. The Kier molecular flexibility index (Phi) is 4.15. The van der Waals surface area contributed by atoms with E-state index in [-0.39, 0.29) is 11.9 Å². The average Bonchev–Trinajstić information content (AvgIpc) is 2.64. The van der Waals surface area contributed by atoms with Crippen molar-refractivity contribution in [2.24, 2.45) is 5.92 Å². The van der Waals surface area contributed by atoms with Crippen LogP contribution in [0.1, 0.15) is 46.5 Å². The molecule has 0 heterocycles. The molecule has 0 aromatic heterocycles. The fourth-order valence-corrected chi connectivity index (χ4v) is 1.64. The maximum absolute atomic E-state index is 11.4. The summed E-state index contributed by atoms with van der Waals surface area (Å²) in [6.07, 6.45) is 3.04. The number of nitrogens with one attached hydrogen (secondary N) is 1. The maximum atomic E-state index is 11.4. The number of hydrogen-bond donors (Lipinski definition) is 1. The van der Waals surface area contributed by atoms with E-state index < -0.39 is 11.7 Å². The van der Waals surface area contributed by atoms with Gasteiger partial charge in [-0.3, -0.25) is 0 Å². The standard InChI is InChI=1S/C11H19NO4/c1-11(2,3)15-10(14)12-16-9(13)8-6-4-5-7-8/h8H,4-7H2,1-3H3,(H,12,14). The summed E-state index contributed by atoms with van der Waals surface area (Å²) in [5.41, 5.74) is 1.41. The molecular weight excluding hydrogens is 210 g/mol. The second-order valence-electron chi connectivity index (χ2n) is 5.01. The van der Waals surface area contributed by atoms with E-state index in [4.69, 9.17) is 4.74 Å². The van der Waals surface area contributed by atoms with E-state index in [1.54, 1.807) is 20.8 Å². The number of amides is 1. The van der Waals surface area contributed by atoms with Gasteiger partial charge in [-0.2, -0.15) is 0 Å². The van der Waals surface area contributed by atoms with Crippen LogP contribution in [0.15, 0.2) is 0 Å². The molecule has 0 radical (unpaired) electrons. The highest BCUT2D eigenvalue weighted by atomic mass is 16.7. The first-order valence-electron chi connectivity index (χ1n) is 5.58. The fourth-order valence-electron chi connectivity index (χ4n) is 1.64. The van der Waals surface area contributed by atoms with Gasteiger partial charge in [0, 0.05) is 0 Å². The van der Waals surface area contributed by atoms with Gasteiger partial charge in [0.25, 0.3) is 0 Å². The second kappa shape index (κ2) is 5.18. The summed E-state index contributed by atoms with van der Waals surface area (Å²) in [4.78, 5) is 27.3. The largest absolute Gasteiger partial charge is 0.442 e. The fraction of sp³-hybridized carbons (Fsp3) is 0.818. The van der Waals surface area contributed by atoms with Gasteiger partial charge < -0.3 is 9.57 Å². The van der Waals surface area contributed by atoms with Gasteiger partial charge in [0.1, 0.15) is 5.60 Å². The van der Waals surface area contributed by atoms with Gasteiger partial charge in [-0.05, 0) is 33.6 Å². The van der Waals surface area contributed by atoms with Gasteiger partial charge in [-0.15, -0.1) is 5.48 Å². The van der Waals surface area contributed by atoms with Crippen LogP contribution in [0.2, 0.25) is 0 Å². The van der Waals surface area contributed by atoms with Crippen LogP contribution in [0, 0.1) is 5.92 Å². The molecule has 0 spiro atoms. The van der Waals surface area contributed by atoms with Crippen LogP contribution >= 0.6 is 0 Å². The SMILES string of the molecule is CC(C)(C)OC(=O)NOC(=O)C1CCCC1. The number of carbonyl (C=O) groups excluding carboxylic acids is 2. The van der Waals surface area contributed by atoms with Crippen molar-refractivity contribution in [2.45, 2.75) is 52.1 Å². The van der Waals surface area contributed by atoms with Crippen molar-refractivity contribution < 1.29 is 19.2 Å². The summed E-state index contributed by atoms with van der Waals surface area (Å²) in [7, 11) is 0. The molecule has 0 unspecified atom stereocenters. The molecule has 1 amide bonds. The van der Waals surface area contributed by atoms with Crippen LogP contribution in [0.3, 0.4) is 0 Å². The first-order chi connectivity index (χ1) is 7.38. The molecule has 1 aliphatic rings. The van der Waals surface area contributed by atoms with Crippen molar-refractivity contribution in [2.75, 3.05) is 0 Å². The van der Waals surface area contributed by atoms with E-state index in [1.807, 2.05) is 5.48 Å². The lowest BCUT2D eigenvalue weighted by Crippen LogP contribution is -2.35. The molecule has 0 bridgehead atoms. The smallest absolute Gasteiger partial charge is 0.441 e. The molecule has 1 fully saturated rings. The van der Waals surface area contributed by atoms with Crippen molar-refractivity contribution in [3.8, 4) is 0 Å². The number of carbonyl (C=O) groups is 2. The minimum Gasteiger partial charge on any atom is -0.442 e. The van der Waals surface area contributed by atoms with Crippen molar-refractivity contribution in [3.05, 3.63) is 0 Å². The Hall–Kier alpha value is -1.26. The Morgan fingerprint density at radius 3 is 2.25 bits per heavy atom. The molecule has 0 aromatic rings. The number of rotatable bonds is 1. The van der Waals surface area contributed by atoms with E-state index in [2.05, 4.69) is 4.84 Å². The molecule has 16 heavy (non-hydrogen) atoms. The molecule has 1 saturated carbocycles. The first-order valence-corrected chi connectivity index (χ1v) is 5.58. The molecular formula is C11H19NO4. The van der Waals surface area contributed by atoms with Crippen molar-refractivity contribution >= 4 is 12.1 Å². The van der Waals surface area contributed by atoms with Gasteiger partial charge in [-0.25, -0.2) is 9.59 Å². The van der Waals surface area contributed by atoms with Crippen LogP contribution in [-0.2, 0) is 14.4 Å². The Morgan fingerprint density at radius 1 is 1.19 bits per heavy atom. The predicted molar refractivity (Wildman–Crippen MR) is 57.4 cm³/mol. The third-order valence-corrected chi connectivity index (χ3v) is 2.32. The third kappa shape index (κ3) is 4.51. The zero-order chi connectivity index (χ0) is 12.2. The minimum atomic E-state index is -0.737. The van der Waals surface area contributed by atoms with Gasteiger partial charge in [0.05, 0.1) is 5.92 Å². The summed E-state index contributed by atoms with van der Waals surface area (Å²) in [6.45, 7) is 5.22. The molecule has 5 heteroatoms. The van der Waals surface area contributed by atoms with Crippen molar-refractivity contribution in [3.63, 3.8) is 0 Å². The summed E-state index contributed by atoms with van der Waals surface area (Å²) in [5.74, 6) is -0.446. The molecule has 1 aliphatic carbocycles. The Labute approximate surface area is 95.4 Å². The summed E-state index contributed by atoms with van der Waals surface area (Å²) in [5, 5.41) is 0. The monoisotopic (exact) mass is 229 g/mol. The summed E-state index contributed by atoms with van der Waals surface area (Å²) < 4.78 is 4.92. The quantitative estimate of drug-likeness (QED) is 0.700. The van der Waals surface area contributed by atoms with Gasteiger partial charge in [0.2, 0.25) is 0 Å². The zero-order valence-corrected chi connectivity index (χ0v) is 10.0. The van der Waals surface area contributed by atoms with Crippen LogP contribution < -0.4 is 5.48 Å². The zero-order valence-electron chi connectivity index (χ0n) is 10.0. The lowest BCUT2D eigenvalue weighted by molar-refractivity contribution is -0.155. The molecule has 0 aliphatic heterocycles. The van der Waals surface area contributed by atoms with Gasteiger partial charge in [0.15, 0.2) is 0 Å². The van der Waals surface area contributed by atoms with E-state index >= 15 is 0 Å². The number of ether oxygens (including phenoxy) is 1. The van der Waals surface area contributed by atoms with Gasteiger partial charge >= 0.3 is 12.1 Å². The molecule has 1 N–H and O–H groups in total. The molecule has 0 atom stereocenters. The average molecular weight is 229 g/mol. The predicted octanol–water partition coefficient (Wildman–Crippen LogP) is 2.16. The number of hydroxylamine groups is 1. The van der Waals surface area contributed by atoms with Crippen molar-refractivity contribution in [1.29, 1.82) is 0 Å². The Balaban J connectivity index is 2.23. The molecule has 1 rings (SSSR count). The van der Waals surface area contributed by atoms with E-state index in [0.29, 0.717) is 0 Å². The van der Waals surface area contributed by atoms with Crippen molar-refractivity contribution in [1.82, 2.24) is 5.48 Å². The second-order valence-corrected chi connectivity index (χ2v) is 5.01. The number of hydrogen-bond acceptors (Lipinski definition) is 4. The molecule has 92 valence electrons. The third-order valence-electron chi connectivity index (χ3n) is 2.32. The lowest BCUT2D eigenvalue weighted by atomic mass is 10.1. The highest BCUT2D eigenvalue weighted by molar-refractivity contribution is 5.75. The van der Waals surface area contributed by atoms with Crippen LogP contribution in [0.4, 0.5) is 4.79 Å². The summed E-state index contributed by atoms with van der Waals surface area (Å²) >= 11 is 0. The minimum absolute atomic E-state index is 0.0741. The van der Waals surface area contributed by atoms with Gasteiger partial charge in [-0.1, -0.05) is 12.8 Å².